The summed E-state index contributed by atoms with van der Waals surface area (Å²) in [6.07, 6.45) is 14.4. The van der Waals surface area contributed by atoms with Crippen LogP contribution in [0, 0.1) is 12.8 Å². The van der Waals surface area contributed by atoms with Crippen LogP contribution in [0.25, 0.3) is 23.9 Å². The maximum Gasteiger partial charge on any atom is 0.338 e. The van der Waals surface area contributed by atoms with Crippen molar-refractivity contribution in [2.24, 2.45) is 5.92 Å². The van der Waals surface area contributed by atoms with E-state index in [0.717, 1.165) is 70.8 Å². The van der Waals surface area contributed by atoms with Crippen LogP contribution in [-0.4, -0.2) is 17.1 Å². The van der Waals surface area contributed by atoms with Gasteiger partial charge in [-0.25, -0.2) is 4.79 Å². The first-order valence-electron chi connectivity index (χ1n) is 12.4. The number of hydrogen-bond donors (Lipinski definition) is 1. The Morgan fingerprint density at radius 3 is 2.89 bits per heavy atom. The number of nitrogens with one attached hydrogen (secondary N) is 1. The molecule has 0 bridgehead atoms. The molecule has 0 spiro atoms. The SMILES string of the molecule is C=CC[C@@H]1CC[C@@H](OC(=O)C(/C=c2/cc(C3=C(c4cccc(C)n4)NC=CC3)ccc2=C)=C/C)C1. The second-order valence-corrected chi connectivity index (χ2v) is 9.30. The van der Waals surface area contributed by atoms with Crippen LogP contribution in [0.3, 0.4) is 0 Å². The minimum atomic E-state index is -0.271. The van der Waals surface area contributed by atoms with Crippen molar-refractivity contribution in [2.75, 3.05) is 0 Å². The molecule has 1 aromatic carbocycles. The highest BCUT2D eigenvalue weighted by Gasteiger charge is 2.27. The number of aromatic nitrogens is 1. The Labute approximate surface area is 208 Å². The Morgan fingerprint density at radius 1 is 1.26 bits per heavy atom. The van der Waals surface area contributed by atoms with Gasteiger partial charge in [-0.05, 0) is 104 Å². The molecule has 0 unspecified atom stereocenters. The van der Waals surface area contributed by atoms with Crippen molar-refractivity contribution >= 4 is 29.9 Å². The number of carbonyl (C=O) groups is 1. The molecule has 4 nitrogen and oxygen atoms in total. The molecule has 1 aliphatic carbocycles. The Balaban J connectivity index is 1.63. The van der Waals surface area contributed by atoms with Crippen LogP contribution in [0.1, 0.15) is 56.0 Å². The lowest BCUT2D eigenvalue weighted by molar-refractivity contribution is -0.143. The summed E-state index contributed by atoms with van der Waals surface area (Å²) < 4.78 is 5.86. The van der Waals surface area contributed by atoms with Crippen molar-refractivity contribution in [2.45, 2.75) is 52.1 Å². The first-order chi connectivity index (χ1) is 17.0. The van der Waals surface area contributed by atoms with E-state index in [1.165, 1.54) is 0 Å². The fraction of sp³-hybridized carbons (Fsp3) is 0.290. The maximum atomic E-state index is 13.0. The van der Waals surface area contributed by atoms with E-state index in [2.05, 4.69) is 36.7 Å². The Morgan fingerprint density at radius 2 is 2.11 bits per heavy atom. The molecule has 2 heterocycles. The lowest BCUT2D eigenvalue weighted by atomic mass is 9.95. The molecule has 180 valence electrons. The fourth-order valence-electron chi connectivity index (χ4n) is 4.83. The van der Waals surface area contributed by atoms with Crippen LogP contribution < -0.4 is 15.8 Å². The topological polar surface area (TPSA) is 51.2 Å². The summed E-state index contributed by atoms with van der Waals surface area (Å²) in [5.41, 5.74) is 5.67. The van der Waals surface area contributed by atoms with Crippen LogP contribution >= 0.6 is 0 Å². The quantitative estimate of drug-likeness (QED) is 0.347. The number of carbonyl (C=O) groups excluding carboxylic acids is 1. The number of nitrogens with zero attached hydrogens (tertiary/aromatic N) is 1. The molecule has 1 fully saturated rings. The normalized spacial score (nSPS) is 20.6. The molecule has 2 aromatic rings. The summed E-state index contributed by atoms with van der Waals surface area (Å²) >= 11 is 0. The predicted octanol–water partition coefficient (Wildman–Crippen LogP) is 5.19. The van der Waals surface area contributed by atoms with Gasteiger partial charge in [-0.1, -0.05) is 43.0 Å². The van der Waals surface area contributed by atoms with Gasteiger partial charge in [0.05, 0.1) is 17.0 Å². The number of ether oxygens (including phenoxy) is 1. The van der Waals surface area contributed by atoms with E-state index in [9.17, 15) is 4.79 Å². The highest BCUT2D eigenvalue weighted by atomic mass is 16.5. The lowest BCUT2D eigenvalue weighted by Gasteiger charge is -2.18. The first kappa shape index (κ1) is 24.5. The maximum absolute atomic E-state index is 13.0. The van der Waals surface area contributed by atoms with E-state index in [4.69, 9.17) is 9.72 Å². The summed E-state index contributed by atoms with van der Waals surface area (Å²) in [4.78, 5) is 17.7. The monoisotopic (exact) mass is 466 g/mol. The Hall–Kier alpha value is -3.66. The van der Waals surface area contributed by atoms with Crippen molar-refractivity contribution in [1.82, 2.24) is 10.3 Å². The molecule has 2 aliphatic rings. The third-order valence-corrected chi connectivity index (χ3v) is 6.73. The van der Waals surface area contributed by atoms with Gasteiger partial charge in [0.15, 0.2) is 0 Å². The van der Waals surface area contributed by atoms with Crippen LogP contribution in [0.2, 0.25) is 0 Å². The highest BCUT2D eigenvalue weighted by Crippen LogP contribution is 2.31. The Kier molecular flexibility index (Phi) is 7.81. The number of hydrogen-bond acceptors (Lipinski definition) is 4. The van der Waals surface area contributed by atoms with Crippen LogP contribution in [0.5, 0.6) is 0 Å². The van der Waals surface area contributed by atoms with Gasteiger partial charge >= 0.3 is 5.97 Å². The fourth-order valence-corrected chi connectivity index (χ4v) is 4.83. The largest absolute Gasteiger partial charge is 0.459 e. The van der Waals surface area contributed by atoms with Gasteiger partial charge in [-0.15, -0.1) is 6.58 Å². The molecule has 1 N–H and O–H groups in total. The number of esters is 1. The van der Waals surface area contributed by atoms with Crippen molar-refractivity contribution < 1.29 is 9.53 Å². The average Bonchev–Trinajstić information content (AvgIpc) is 3.30. The predicted molar refractivity (Wildman–Crippen MR) is 144 cm³/mol. The molecule has 1 saturated carbocycles. The van der Waals surface area contributed by atoms with Gasteiger partial charge in [0, 0.05) is 5.69 Å². The number of pyridine rings is 1. The van der Waals surface area contributed by atoms with Crippen molar-refractivity contribution in [3.8, 4) is 0 Å². The zero-order chi connectivity index (χ0) is 24.8. The smallest absolute Gasteiger partial charge is 0.338 e. The summed E-state index contributed by atoms with van der Waals surface area (Å²) in [7, 11) is 0. The number of dihydropyridines is 1. The highest BCUT2D eigenvalue weighted by molar-refractivity contribution is 5.97. The van der Waals surface area contributed by atoms with E-state index in [1.54, 1.807) is 0 Å². The van der Waals surface area contributed by atoms with E-state index in [-0.39, 0.29) is 12.1 Å². The van der Waals surface area contributed by atoms with Gasteiger partial charge in [0.25, 0.3) is 0 Å². The van der Waals surface area contributed by atoms with Gasteiger partial charge < -0.3 is 10.1 Å². The third-order valence-electron chi connectivity index (χ3n) is 6.73. The molecule has 4 rings (SSSR count). The van der Waals surface area contributed by atoms with E-state index in [1.807, 2.05) is 62.5 Å². The molecule has 0 saturated heterocycles. The molecular weight excluding hydrogens is 432 g/mol. The second-order valence-electron chi connectivity index (χ2n) is 9.30. The van der Waals surface area contributed by atoms with Crippen molar-refractivity contribution in [3.05, 3.63) is 100 Å². The summed E-state index contributed by atoms with van der Waals surface area (Å²) in [6, 6.07) is 12.2. The molecule has 35 heavy (non-hydrogen) atoms. The van der Waals surface area contributed by atoms with E-state index in [0.29, 0.717) is 11.5 Å². The average molecular weight is 467 g/mol. The number of aryl methyl sites for hydroxylation is 1. The van der Waals surface area contributed by atoms with Crippen molar-refractivity contribution in [3.63, 3.8) is 0 Å². The molecule has 1 aliphatic heterocycles. The van der Waals surface area contributed by atoms with Crippen LogP contribution in [-0.2, 0) is 9.53 Å². The summed E-state index contributed by atoms with van der Waals surface area (Å²) in [6.45, 7) is 11.9. The van der Waals surface area contributed by atoms with Gasteiger partial charge in [-0.3, -0.25) is 4.98 Å². The third kappa shape index (κ3) is 5.89. The van der Waals surface area contributed by atoms with Crippen LogP contribution in [0.4, 0.5) is 0 Å². The summed E-state index contributed by atoms with van der Waals surface area (Å²) in [5.74, 6) is 0.294. The zero-order valence-corrected chi connectivity index (χ0v) is 20.7. The molecule has 4 heteroatoms. The van der Waals surface area contributed by atoms with Gasteiger partial charge in [0.1, 0.15) is 6.10 Å². The van der Waals surface area contributed by atoms with Crippen LogP contribution in [0.15, 0.2) is 73.0 Å². The van der Waals surface area contributed by atoms with E-state index >= 15 is 0 Å². The molecule has 2 atom stereocenters. The number of benzene rings is 1. The Bertz CT molecular complexity index is 1320. The lowest BCUT2D eigenvalue weighted by Crippen LogP contribution is -2.25. The zero-order valence-electron chi connectivity index (χ0n) is 20.7. The minimum absolute atomic E-state index is 0.0176. The molecular formula is C31H34N2O2. The minimum Gasteiger partial charge on any atom is -0.459 e. The molecule has 0 radical (unpaired) electrons. The second kappa shape index (κ2) is 11.2. The van der Waals surface area contributed by atoms with Crippen molar-refractivity contribution in [1.29, 1.82) is 0 Å². The number of rotatable bonds is 7. The standard InChI is InChI=1S/C31H34N2O2/c1-5-9-23-14-16-27(18-23)35-31(34)24(6-2)19-26-20-25(15-13-21(26)3)28-11-8-17-32-30(28)29-12-7-10-22(4)33-29/h5-8,10,12-13,15,17,19-20,23,27,32H,1,3,9,11,14,16,18H2,2,4H3/b24-6+,26-19-/t23-,27-/m1/s1. The molecule has 0 amide bonds. The van der Waals surface area contributed by atoms with Gasteiger partial charge in [-0.2, -0.15) is 0 Å². The summed E-state index contributed by atoms with van der Waals surface area (Å²) in [5, 5.41) is 5.16. The molecule has 1 aromatic heterocycles. The van der Waals surface area contributed by atoms with E-state index < -0.39 is 0 Å². The van der Waals surface area contributed by atoms with Gasteiger partial charge in [0.2, 0.25) is 0 Å². The number of allylic oxidation sites excluding steroid dienone is 4. The first-order valence-corrected chi connectivity index (χ1v) is 12.4.